The lowest BCUT2D eigenvalue weighted by atomic mass is 9.99. The van der Waals surface area contributed by atoms with Crippen LogP contribution in [0, 0.1) is 17.6 Å². The molecule has 0 aromatic heterocycles. The average Bonchev–Trinajstić information content (AvgIpc) is 2.18. The molecule has 1 N–H and O–H groups in total. The Morgan fingerprint density at radius 2 is 1.94 bits per heavy atom. The molecular formula is C13H18F2O. The normalized spacial score (nSPS) is 13.1. The quantitative estimate of drug-likeness (QED) is 0.819. The second-order valence-corrected chi connectivity index (χ2v) is 4.56. The van der Waals surface area contributed by atoms with Gasteiger partial charge in [0.25, 0.3) is 0 Å². The molecule has 0 saturated carbocycles. The molecule has 16 heavy (non-hydrogen) atoms. The van der Waals surface area contributed by atoms with Crippen LogP contribution in [0.1, 0.15) is 32.3 Å². The molecular weight excluding hydrogens is 210 g/mol. The number of aryl methyl sites for hydroxylation is 1. The first-order chi connectivity index (χ1) is 7.49. The van der Waals surface area contributed by atoms with Crippen molar-refractivity contribution in [2.45, 2.75) is 39.2 Å². The Morgan fingerprint density at radius 1 is 1.25 bits per heavy atom. The van der Waals surface area contributed by atoms with Crippen LogP contribution in [-0.2, 0) is 6.42 Å². The molecule has 0 saturated heterocycles. The molecule has 3 heteroatoms. The highest BCUT2D eigenvalue weighted by atomic mass is 19.1. The predicted molar refractivity (Wildman–Crippen MR) is 60.1 cm³/mol. The third-order valence-corrected chi connectivity index (χ3v) is 2.50. The number of aliphatic hydroxyl groups is 1. The lowest BCUT2D eigenvalue weighted by Crippen LogP contribution is -2.11. The van der Waals surface area contributed by atoms with E-state index in [1.54, 1.807) is 0 Å². The van der Waals surface area contributed by atoms with Gasteiger partial charge in [0.2, 0.25) is 0 Å². The van der Waals surface area contributed by atoms with Crippen molar-refractivity contribution in [3.05, 3.63) is 35.4 Å². The van der Waals surface area contributed by atoms with E-state index in [2.05, 4.69) is 0 Å². The maximum absolute atomic E-state index is 13.2. The van der Waals surface area contributed by atoms with Crippen molar-refractivity contribution in [3.8, 4) is 0 Å². The minimum absolute atomic E-state index is 0.336. The molecule has 0 heterocycles. The predicted octanol–water partition coefficient (Wildman–Crippen LogP) is 3.30. The molecule has 0 radical (unpaired) electrons. The van der Waals surface area contributed by atoms with E-state index in [4.69, 9.17) is 0 Å². The van der Waals surface area contributed by atoms with Crippen LogP contribution in [-0.4, -0.2) is 11.2 Å². The topological polar surface area (TPSA) is 20.2 Å². The zero-order valence-corrected chi connectivity index (χ0v) is 9.71. The van der Waals surface area contributed by atoms with Crippen molar-refractivity contribution in [2.75, 3.05) is 0 Å². The van der Waals surface area contributed by atoms with Gasteiger partial charge in [-0.25, -0.2) is 8.78 Å². The Labute approximate surface area is 95.1 Å². The fourth-order valence-corrected chi connectivity index (χ4v) is 1.72. The number of hydrogen-bond donors (Lipinski definition) is 1. The van der Waals surface area contributed by atoms with Gasteiger partial charge in [-0.1, -0.05) is 13.8 Å². The van der Waals surface area contributed by atoms with Gasteiger partial charge in [-0.15, -0.1) is 0 Å². The van der Waals surface area contributed by atoms with Gasteiger partial charge in [0, 0.05) is 0 Å². The maximum atomic E-state index is 13.2. The fraction of sp³-hybridized carbons (Fsp3) is 0.538. The van der Waals surface area contributed by atoms with Crippen molar-refractivity contribution in [1.29, 1.82) is 0 Å². The van der Waals surface area contributed by atoms with Crippen LogP contribution in [0.3, 0.4) is 0 Å². The fourth-order valence-electron chi connectivity index (χ4n) is 1.72. The van der Waals surface area contributed by atoms with E-state index in [9.17, 15) is 13.9 Å². The maximum Gasteiger partial charge on any atom is 0.126 e. The lowest BCUT2D eigenvalue weighted by Gasteiger charge is -2.13. The van der Waals surface area contributed by atoms with E-state index in [-0.39, 0.29) is 0 Å². The second-order valence-electron chi connectivity index (χ2n) is 4.56. The smallest absolute Gasteiger partial charge is 0.126 e. The highest BCUT2D eigenvalue weighted by molar-refractivity contribution is 5.18. The molecule has 0 aliphatic carbocycles. The van der Waals surface area contributed by atoms with Crippen molar-refractivity contribution in [1.82, 2.24) is 0 Å². The van der Waals surface area contributed by atoms with Gasteiger partial charge in [0.05, 0.1) is 6.10 Å². The molecule has 0 fully saturated rings. The van der Waals surface area contributed by atoms with Crippen molar-refractivity contribution in [3.63, 3.8) is 0 Å². The summed E-state index contributed by atoms with van der Waals surface area (Å²) in [6.45, 7) is 4.04. The summed E-state index contributed by atoms with van der Waals surface area (Å²) in [4.78, 5) is 0. The molecule has 0 aliphatic rings. The first kappa shape index (κ1) is 13.1. The minimum Gasteiger partial charge on any atom is -0.393 e. The van der Waals surface area contributed by atoms with Gasteiger partial charge in [-0.2, -0.15) is 0 Å². The van der Waals surface area contributed by atoms with Crippen molar-refractivity contribution < 1.29 is 13.9 Å². The van der Waals surface area contributed by atoms with E-state index in [0.717, 1.165) is 12.1 Å². The summed E-state index contributed by atoms with van der Waals surface area (Å²) in [7, 11) is 0. The number of rotatable bonds is 5. The highest BCUT2D eigenvalue weighted by Gasteiger charge is 2.09. The van der Waals surface area contributed by atoms with Crippen LogP contribution in [0.2, 0.25) is 0 Å². The third-order valence-electron chi connectivity index (χ3n) is 2.50. The lowest BCUT2D eigenvalue weighted by molar-refractivity contribution is 0.139. The molecule has 1 rings (SSSR count). The van der Waals surface area contributed by atoms with Crippen LogP contribution >= 0.6 is 0 Å². The van der Waals surface area contributed by atoms with Crippen LogP contribution in [0.15, 0.2) is 18.2 Å². The Morgan fingerprint density at radius 3 is 2.56 bits per heavy atom. The van der Waals surface area contributed by atoms with Crippen LogP contribution in [0.25, 0.3) is 0 Å². The first-order valence-corrected chi connectivity index (χ1v) is 5.61. The van der Waals surface area contributed by atoms with Gasteiger partial charge in [0.1, 0.15) is 11.6 Å². The Balaban J connectivity index is 2.51. The number of benzene rings is 1. The number of hydrogen-bond acceptors (Lipinski definition) is 1. The van der Waals surface area contributed by atoms with E-state index >= 15 is 0 Å². The molecule has 0 aliphatic heterocycles. The van der Waals surface area contributed by atoms with E-state index in [1.807, 2.05) is 13.8 Å². The minimum atomic E-state index is -0.442. The van der Waals surface area contributed by atoms with Crippen LogP contribution in [0.4, 0.5) is 8.78 Å². The summed E-state index contributed by atoms with van der Waals surface area (Å²) in [6, 6.07) is 3.42. The van der Waals surface area contributed by atoms with Crippen molar-refractivity contribution >= 4 is 0 Å². The largest absolute Gasteiger partial charge is 0.393 e. The zero-order chi connectivity index (χ0) is 12.1. The summed E-state index contributed by atoms with van der Waals surface area (Å²) in [5.41, 5.74) is 0.336. The average molecular weight is 228 g/mol. The monoisotopic (exact) mass is 228 g/mol. The van der Waals surface area contributed by atoms with Gasteiger partial charge in [0.15, 0.2) is 0 Å². The summed E-state index contributed by atoms with van der Waals surface area (Å²) in [6.07, 6.45) is 1.09. The Hall–Kier alpha value is -0.960. The van der Waals surface area contributed by atoms with E-state index in [0.29, 0.717) is 30.7 Å². The van der Waals surface area contributed by atoms with E-state index < -0.39 is 17.7 Å². The Bertz CT molecular complexity index is 337. The summed E-state index contributed by atoms with van der Waals surface area (Å²) in [5.74, 6) is -0.430. The van der Waals surface area contributed by atoms with Gasteiger partial charge >= 0.3 is 0 Å². The third kappa shape index (κ3) is 4.27. The highest BCUT2D eigenvalue weighted by Crippen LogP contribution is 2.15. The van der Waals surface area contributed by atoms with Crippen LogP contribution < -0.4 is 0 Å². The molecule has 1 nitrogen and oxygen atoms in total. The van der Waals surface area contributed by atoms with Crippen molar-refractivity contribution in [2.24, 2.45) is 5.92 Å². The molecule has 1 aromatic carbocycles. The zero-order valence-electron chi connectivity index (χ0n) is 9.71. The summed E-state index contributed by atoms with van der Waals surface area (Å²) in [5, 5.41) is 9.62. The van der Waals surface area contributed by atoms with Gasteiger partial charge in [-0.3, -0.25) is 0 Å². The number of aliphatic hydroxyl groups excluding tert-OH is 1. The molecule has 0 bridgehead atoms. The first-order valence-electron chi connectivity index (χ1n) is 5.61. The van der Waals surface area contributed by atoms with Gasteiger partial charge in [-0.05, 0) is 48.9 Å². The van der Waals surface area contributed by atoms with Crippen LogP contribution in [0.5, 0.6) is 0 Å². The molecule has 90 valence electrons. The number of halogens is 2. The summed E-state index contributed by atoms with van der Waals surface area (Å²) < 4.78 is 26.1. The molecule has 0 spiro atoms. The SMILES string of the molecule is CC(C)CC(O)CCc1cc(F)ccc1F. The second kappa shape index (κ2) is 5.94. The standard InChI is InChI=1S/C13H18F2O/c1-9(2)7-12(16)5-3-10-8-11(14)4-6-13(10)15/h4,6,8-9,12,16H,3,5,7H2,1-2H3. The molecule has 1 atom stereocenters. The van der Waals surface area contributed by atoms with Gasteiger partial charge < -0.3 is 5.11 Å². The molecule has 1 aromatic rings. The summed E-state index contributed by atoms with van der Waals surface area (Å²) >= 11 is 0. The van der Waals surface area contributed by atoms with E-state index in [1.165, 1.54) is 6.07 Å². The Kier molecular flexibility index (Phi) is 4.87. The molecule has 0 amide bonds. The molecule has 1 unspecified atom stereocenters.